The van der Waals surface area contributed by atoms with Crippen molar-refractivity contribution in [2.75, 3.05) is 36.6 Å². The summed E-state index contributed by atoms with van der Waals surface area (Å²) in [5.41, 5.74) is 4.33. The lowest BCUT2D eigenvalue weighted by atomic mass is 9.86. The van der Waals surface area contributed by atoms with Gasteiger partial charge in [0.25, 0.3) is 11.8 Å². The first-order valence-corrected chi connectivity index (χ1v) is 28.2. The van der Waals surface area contributed by atoms with Crippen molar-refractivity contribution in [3.63, 3.8) is 0 Å². The first kappa shape index (κ1) is 58.2. The van der Waals surface area contributed by atoms with Crippen molar-refractivity contribution in [2.45, 2.75) is 122 Å². The van der Waals surface area contributed by atoms with Gasteiger partial charge in [0.1, 0.15) is 24.0 Å². The standard InChI is InChI=1S/C66H75N9O7/c1-64(2,3)46-24-28-49(29-25-46)74(61(79)52-34-39-82-57(52)43-18-12-11-13-19-43)56(59(77)71-66(7,8)9)45-21-17-36-73(42-45)63-68-41-53(70-63)62(80)75(50-30-26-47(27-31-50)65(4,5)6)55(44-20-16-35-67-40-44)58(76)69-48-32-37-72(38-33-48)60(78)51-22-14-15-23-54(51)81-10/h11-31,35-36,40-42,48,52,55-57H,32-34,37-39H2,1-10H3,(H2-,68,69,70,71,76,77,80)/p+1/t52-,55?,56?,57-/m1/s1. The topological polar surface area (TPSA) is 183 Å². The molecule has 426 valence electrons. The second-order valence-electron chi connectivity index (χ2n) is 24.3. The predicted octanol–water partition coefficient (Wildman–Crippen LogP) is 10.3. The number of aromatic amines is 1. The van der Waals surface area contributed by atoms with Crippen LogP contribution in [-0.2, 0) is 30.0 Å². The van der Waals surface area contributed by atoms with E-state index in [1.54, 1.807) is 75.6 Å². The van der Waals surface area contributed by atoms with Gasteiger partial charge in [0.05, 0.1) is 37.1 Å². The number of para-hydroxylation sites is 1. The Balaban J connectivity index is 1.07. The Hall–Kier alpha value is -8.50. The smallest absolute Gasteiger partial charge is 0.401 e. The summed E-state index contributed by atoms with van der Waals surface area (Å²) in [5, 5.41) is 6.43. The van der Waals surface area contributed by atoms with Gasteiger partial charge in [-0.1, -0.05) is 125 Å². The molecule has 9 rings (SSSR count). The number of nitrogens with zero attached hydrogens (tertiary/aromatic N) is 6. The number of anilines is 2. The molecule has 5 amide bonds. The maximum absolute atomic E-state index is 15.5. The average molecular weight is 1110 g/mol. The zero-order valence-electron chi connectivity index (χ0n) is 48.7. The van der Waals surface area contributed by atoms with Gasteiger partial charge in [-0.2, -0.15) is 0 Å². The maximum Gasteiger partial charge on any atom is 0.401 e. The molecular formula is C66H76N9O7+. The first-order valence-electron chi connectivity index (χ1n) is 28.2. The number of H-pyrrole nitrogens is 1. The van der Waals surface area contributed by atoms with Gasteiger partial charge in [0.15, 0.2) is 0 Å². The SMILES string of the molecule is COc1ccccc1C(=O)N1CCC(NC(=O)C(c2cccnc2)N(C(=O)c2c[nH]c(-[n+]3cccc(C(C(=O)NC(C)(C)C)N(C(=O)[C@@H]4CCO[C@@H]4c4ccccc4)c4ccc(C(C)(C)C)cc4)c3)n2)c2ccc(C(C)(C)C)cc2)CC1. The summed E-state index contributed by atoms with van der Waals surface area (Å²) in [5.74, 6) is -1.70. The third-order valence-electron chi connectivity index (χ3n) is 15.2. The van der Waals surface area contributed by atoms with Crippen LogP contribution >= 0.6 is 0 Å². The number of hydrogen-bond acceptors (Lipinski definition) is 9. The van der Waals surface area contributed by atoms with E-state index in [1.807, 2.05) is 112 Å². The number of amides is 5. The molecule has 0 spiro atoms. The second kappa shape index (κ2) is 24.3. The van der Waals surface area contributed by atoms with E-state index < -0.39 is 47.4 Å². The van der Waals surface area contributed by atoms with Gasteiger partial charge in [0.2, 0.25) is 23.4 Å². The van der Waals surface area contributed by atoms with E-state index >= 15 is 19.2 Å². The molecule has 2 unspecified atom stereocenters. The molecule has 0 bridgehead atoms. The molecule has 3 N–H and O–H groups in total. The van der Waals surface area contributed by atoms with Crippen LogP contribution in [0.5, 0.6) is 5.75 Å². The van der Waals surface area contributed by atoms with Crippen LogP contribution in [0.4, 0.5) is 11.4 Å². The molecule has 2 saturated heterocycles. The van der Waals surface area contributed by atoms with Crippen LogP contribution in [0.1, 0.15) is 148 Å². The number of likely N-dealkylation sites (tertiary alicyclic amines) is 1. The fourth-order valence-corrected chi connectivity index (χ4v) is 10.8. The number of methoxy groups -OCH3 is 1. The van der Waals surface area contributed by atoms with Crippen molar-refractivity contribution < 1.29 is 38.0 Å². The number of imidazole rings is 1. The molecule has 0 radical (unpaired) electrons. The minimum Gasteiger partial charge on any atom is -0.496 e. The quantitative estimate of drug-likeness (QED) is 0.0842. The molecule has 2 aliphatic rings. The zero-order valence-corrected chi connectivity index (χ0v) is 48.7. The Labute approximate surface area is 481 Å². The molecule has 82 heavy (non-hydrogen) atoms. The molecule has 2 aliphatic heterocycles. The second-order valence-corrected chi connectivity index (χ2v) is 24.3. The van der Waals surface area contributed by atoms with Crippen molar-refractivity contribution in [1.82, 2.24) is 30.5 Å². The molecule has 7 aromatic rings. The molecule has 0 aliphatic carbocycles. The molecule has 0 saturated carbocycles. The molecule has 2 fully saturated rings. The van der Waals surface area contributed by atoms with Crippen molar-refractivity contribution >= 4 is 40.9 Å². The van der Waals surface area contributed by atoms with Gasteiger partial charge < -0.3 is 25.0 Å². The minimum absolute atomic E-state index is 0.00334. The van der Waals surface area contributed by atoms with Gasteiger partial charge in [-0.05, 0) is 116 Å². The van der Waals surface area contributed by atoms with Gasteiger partial charge in [-0.3, -0.25) is 38.8 Å². The summed E-state index contributed by atoms with van der Waals surface area (Å²) in [4.78, 5) is 92.2. The fraction of sp³-hybridized carbons (Fsp3) is 0.364. The van der Waals surface area contributed by atoms with Gasteiger partial charge >= 0.3 is 5.95 Å². The number of ether oxygens (including phenoxy) is 2. The Bertz CT molecular complexity index is 3380. The van der Waals surface area contributed by atoms with Crippen molar-refractivity contribution in [3.8, 4) is 11.7 Å². The highest BCUT2D eigenvalue weighted by molar-refractivity contribution is 6.09. The minimum atomic E-state index is -1.21. The normalized spacial score (nSPS) is 16.6. The van der Waals surface area contributed by atoms with Crippen LogP contribution in [0.3, 0.4) is 0 Å². The van der Waals surface area contributed by atoms with E-state index in [4.69, 9.17) is 14.5 Å². The highest BCUT2D eigenvalue weighted by atomic mass is 16.5. The van der Waals surface area contributed by atoms with Gasteiger partial charge in [0, 0.05) is 66.2 Å². The van der Waals surface area contributed by atoms with Crippen LogP contribution in [0.2, 0.25) is 0 Å². The van der Waals surface area contributed by atoms with E-state index in [1.165, 1.54) is 18.2 Å². The zero-order chi connectivity index (χ0) is 58.5. The number of carbonyl (C=O) groups is 5. The summed E-state index contributed by atoms with van der Waals surface area (Å²) in [7, 11) is 1.54. The highest BCUT2D eigenvalue weighted by Crippen LogP contribution is 2.40. The lowest BCUT2D eigenvalue weighted by Crippen LogP contribution is -2.51. The number of aromatic nitrogens is 4. The summed E-state index contributed by atoms with van der Waals surface area (Å²) >= 11 is 0. The Morgan fingerprint density at radius 1 is 0.707 bits per heavy atom. The number of hydrogen-bond donors (Lipinski definition) is 3. The number of carbonyl (C=O) groups excluding carboxylic acids is 5. The average Bonchev–Trinajstić information content (AvgIpc) is 3.51. The van der Waals surface area contributed by atoms with Crippen LogP contribution in [-0.4, -0.2) is 87.8 Å². The molecular weight excluding hydrogens is 1030 g/mol. The predicted molar refractivity (Wildman–Crippen MR) is 316 cm³/mol. The Morgan fingerprint density at radius 3 is 1.93 bits per heavy atom. The number of pyridine rings is 2. The number of nitrogens with one attached hydrogen (secondary N) is 3. The van der Waals surface area contributed by atoms with Crippen LogP contribution < -0.4 is 29.7 Å². The Morgan fingerprint density at radius 2 is 1.32 bits per heavy atom. The molecule has 16 nitrogen and oxygen atoms in total. The lowest BCUT2D eigenvalue weighted by molar-refractivity contribution is -0.603. The van der Waals surface area contributed by atoms with Gasteiger partial charge in [-0.25, -0.2) is 9.55 Å². The third-order valence-corrected chi connectivity index (χ3v) is 15.2. The molecule has 16 heteroatoms. The number of benzene rings is 4. The summed E-state index contributed by atoms with van der Waals surface area (Å²) in [6, 6.07) is 36.6. The molecule has 3 aromatic heterocycles. The fourth-order valence-electron chi connectivity index (χ4n) is 10.8. The first-order chi connectivity index (χ1) is 39.1. The summed E-state index contributed by atoms with van der Waals surface area (Å²) < 4.78 is 13.5. The Kier molecular flexibility index (Phi) is 17.2. The highest BCUT2D eigenvalue weighted by Gasteiger charge is 2.44. The largest absolute Gasteiger partial charge is 0.496 e. The van der Waals surface area contributed by atoms with Crippen molar-refractivity contribution in [2.24, 2.45) is 5.92 Å². The monoisotopic (exact) mass is 1110 g/mol. The van der Waals surface area contributed by atoms with Gasteiger partial charge in [-0.15, -0.1) is 0 Å². The summed E-state index contributed by atoms with van der Waals surface area (Å²) in [6.07, 6.45) is 9.08. The third kappa shape index (κ3) is 13.1. The molecule has 5 heterocycles. The van der Waals surface area contributed by atoms with Crippen LogP contribution in [0, 0.1) is 5.92 Å². The molecule has 4 atom stereocenters. The maximum atomic E-state index is 15.5. The molecule has 4 aromatic carbocycles. The van der Waals surface area contributed by atoms with Crippen LogP contribution in [0.25, 0.3) is 5.95 Å². The number of rotatable bonds is 15. The van der Waals surface area contributed by atoms with Crippen molar-refractivity contribution in [3.05, 3.63) is 197 Å². The summed E-state index contributed by atoms with van der Waals surface area (Å²) in [6.45, 7) is 19.6. The van der Waals surface area contributed by atoms with E-state index in [2.05, 4.69) is 62.1 Å². The van der Waals surface area contributed by atoms with E-state index in [-0.39, 0.29) is 40.3 Å². The lowest BCUT2D eigenvalue weighted by Gasteiger charge is -2.36. The van der Waals surface area contributed by atoms with Crippen LogP contribution in [0.15, 0.2) is 158 Å². The van der Waals surface area contributed by atoms with E-state index in [0.717, 1.165) is 16.7 Å². The van der Waals surface area contributed by atoms with E-state index in [0.29, 0.717) is 72.8 Å². The van der Waals surface area contributed by atoms with E-state index in [9.17, 15) is 4.79 Å². The van der Waals surface area contributed by atoms with Crippen molar-refractivity contribution in [1.29, 1.82) is 0 Å². The number of piperidine rings is 1.